The summed E-state index contributed by atoms with van der Waals surface area (Å²) in [6.45, 7) is 1.67. The summed E-state index contributed by atoms with van der Waals surface area (Å²) in [5.41, 5.74) is 2.51. The van der Waals surface area contributed by atoms with Crippen LogP contribution in [-0.4, -0.2) is 19.8 Å². The molecule has 2 aromatic carbocycles. The van der Waals surface area contributed by atoms with E-state index in [4.69, 9.17) is 10.00 Å². The number of rotatable bonds is 8. The van der Waals surface area contributed by atoms with Gasteiger partial charge in [-0.2, -0.15) is 10.4 Å². The lowest BCUT2D eigenvalue weighted by Gasteiger charge is -2.08. The summed E-state index contributed by atoms with van der Waals surface area (Å²) < 4.78 is 5.33. The second kappa shape index (κ2) is 9.27. The fourth-order valence-electron chi connectivity index (χ4n) is 1.79. The highest BCUT2D eigenvalue weighted by Gasteiger charge is 1.99. The van der Waals surface area contributed by atoms with Crippen molar-refractivity contribution in [2.24, 2.45) is 10.2 Å². The molecule has 0 unspecified atom stereocenters. The zero-order chi connectivity index (χ0) is 15.5. The maximum absolute atomic E-state index is 8.42. The molecule has 0 atom stereocenters. The number of benzene rings is 2. The smallest absolute Gasteiger partial charge is 0.109 e. The van der Waals surface area contributed by atoms with Crippen LogP contribution in [-0.2, 0) is 4.74 Å². The van der Waals surface area contributed by atoms with Crippen LogP contribution in [0.3, 0.4) is 0 Å². The highest BCUT2D eigenvalue weighted by molar-refractivity contribution is 5.64. The van der Waals surface area contributed by atoms with Gasteiger partial charge in [-0.05, 0) is 24.3 Å². The minimum atomic E-state index is 0.419. The van der Waals surface area contributed by atoms with Gasteiger partial charge in [0.1, 0.15) is 5.69 Å². The van der Waals surface area contributed by atoms with Gasteiger partial charge in [-0.1, -0.05) is 30.3 Å². The molecule has 0 aliphatic carbocycles. The molecule has 22 heavy (non-hydrogen) atoms. The van der Waals surface area contributed by atoms with E-state index in [1.54, 1.807) is 0 Å². The van der Waals surface area contributed by atoms with Crippen LogP contribution in [0.25, 0.3) is 0 Å². The van der Waals surface area contributed by atoms with Crippen LogP contribution in [0.15, 0.2) is 64.8 Å². The summed E-state index contributed by atoms with van der Waals surface area (Å²) in [6, 6.07) is 19.4. The van der Waals surface area contributed by atoms with Crippen molar-refractivity contribution in [2.45, 2.75) is 6.42 Å². The average molecular weight is 294 g/mol. The van der Waals surface area contributed by atoms with Crippen molar-refractivity contribution in [1.82, 2.24) is 0 Å². The number of nitriles is 1. The molecule has 0 saturated heterocycles. The first-order valence-electron chi connectivity index (χ1n) is 7.14. The Bertz CT molecular complexity index is 635. The monoisotopic (exact) mass is 294 g/mol. The number of azo groups is 1. The fourth-order valence-corrected chi connectivity index (χ4v) is 1.79. The van der Waals surface area contributed by atoms with E-state index < -0.39 is 0 Å². The van der Waals surface area contributed by atoms with E-state index in [-0.39, 0.29) is 0 Å². The van der Waals surface area contributed by atoms with Crippen LogP contribution in [0.5, 0.6) is 0 Å². The highest BCUT2D eigenvalue weighted by atomic mass is 16.5. The summed E-state index contributed by atoms with van der Waals surface area (Å²) in [5, 5.41) is 20.2. The molecular weight excluding hydrogens is 276 g/mol. The summed E-state index contributed by atoms with van der Waals surface area (Å²) in [6.07, 6.45) is 0.419. The second-order valence-corrected chi connectivity index (χ2v) is 4.50. The predicted molar refractivity (Wildman–Crippen MR) is 86.6 cm³/mol. The Labute approximate surface area is 130 Å². The van der Waals surface area contributed by atoms with Crippen LogP contribution in [0.2, 0.25) is 0 Å². The molecule has 5 heteroatoms. The van der Waals surface area contributed by atoms with Gasteiger partial charge in [0.05, 0.1) is 37.1 Å². The van der Waals surface area contributed by atoms with Crippen molar-refractivity contribution in [1.29, 1.82) is 5.26 Å². The molecular formula is C17H18N4O. The Hall–Kier alpha value is -2.71. The van der Waals surface area contributed by atoms with Crippen molar-refractivity contribution in [3.8, 4) is 6.07 Å². The number of nitrogens with one attached hydrogen (secondary N) is 1. The van der Waals surface area contributed by atoms with Crippen molar-refractivity contribution in [2.75, 3.05) is 25.1 Å². The lowest BCUT2D eigenvalue weighted by Crippen LogP contribution is -2.09. The molecule has 0 fully saturated rings. The molecule has 112 valence electrons. The number of anilines is 1. The van der Waals surface area contributed by atoms with Gasteiger partial charge >= 0.3 is 0 Å². The molecule has 0 aliphatic rings. The summed E-state index contributed by atoms with van der Waals surface area (Å²) in [4.78, 5) is 0. The van der Waals surface area contributed by atoms with Gasteiger partial charge in [-0.3, -0.25) is 0 Å². The van der Waals surface area contributed by atoms with Gasteiger partial charge in [0.15, 0.2) is 0 Å². The molecule has 0 saturated carbocycles. The normalized spacial score (nSPS) is 10.5. The molecule has 0 amide bonds. The maximum Gasteiger partial charge on any atom is 0.109 e. The van der Waals surface area contributed by atoms with E-state index in [9.17, 15) is 0 Å². The van der Waals surface area contributed by atoms with Gasteiger partial charge in [0.25, 0.3) is 0 Å². The Morgan fingerprint density at radius 3 is 2.55 bits per heavy atom. The van der Waals surface area contributed by atoms with Crippen molar-refractivity contribution < 1.29 is 4.74 Å². The van der Waals surface area contributed by atoms with Crippen LogP contribution in [0.4, 0.5) is 17.1 Å². The van der Waals surface area contributed by atoms with Gasteiger partial charge in [-0.15, -0.1) is 5.11 Å². The first-order valence-corrected chi connectivity index (χ1v) is 7.14. The molecule has 2 aromatic rings. The maximum atomic E-state index is 8.42. The van der Waals surface area contributed by atoms with E-state index in [0.29, 0.717) is 26.2 Å². The largest absolute Gasteiger partial charge is 0.381 e. The second-order valence-electron chi connectivity index (χ2n) is 4.50. The molecule has 0 aromatic heterocycles. The van der Waals surface area contributed by atoms with E-state index in [0.717, 1.165) is 17.1 Å². The molecule has 0 heterocycles. The van der Waals surface area contributed by atoms with Crippen LogP contribution in [0.1, 0.15) is 6.42 Å². The topological polar surface area (TPSA) is 69.8 Å². The molecule has 5 nitrogen and oxygen atoms in total. The van der Waals surface area contributed by atoms with E-state index in [1.165, 1.54) is 0 Å². The fraction of sp³-hybridized carbons (Fsp3) is 0.235. The minimum absolute atomic E-state index is 0.419. The summed E-state index contributed by atoms with van der Waals surface area (Å²) in [7, 11) is 0. The summed E-state index contributed by atoms with van der Waals surface area (Å²) in [5.74, 6) is 0. The standard InChI is InChI=1S/C17H18N4O/c18-11-6-13-22-14-12-19-16-9-4-5-10-17(16)21-20-15-7-2-1-3-8-15/h1-5,7-10,19H,6,12-14H2. The Balaban J connectivity index is 1.90. The molecule has 0 aliphatic heterocycles. The lowest BCUT2D eigenvalue weighted by atomic mass is 10.2. The molecule has 0 radical (unpaired) electrons. The summed E-state index contributed by atoms with van der Waals surface area (Å²) >= 11 is 0. The zero-order valence-electron chi connectivity index (χ0n) is 12.3. The van der Waals surface area contributed by atoms with Crippen LogP contribution >= 0.6 is 0 Å². The Morgan fingerprint density at radius 2 is 1.73 bits per heavy atom. The number of nitrogens with zero attached hydrogens (tertiary/aromatic N) is 3. The predicted octanol–water partition coefficient (Wildman–Crippen LogP) is 4.44. The van der Waals surface area contributed by atoms with Gasteiger partial charge in [0, 0.05) is 6.54 Å². The van der Waals surface area contributed by atoms with Crippen molar-refractivity contribution in [3.63, 3.8) is 0 Å². The highest BCUT2D eigenvalue weighted by Crippen LogP contribution is 2.26. The van der Waals surface area contributed by atoms with Crippen molar-refractivity contribution >= 4 is 17.1 Å². The van der Waals surface area contributed by atoms with Crippen LogP contribution < -0.4 is 5.32 Å². The number of hydrogen-bond donors (Lipinski definition) is 1. The number of para-hydroxylation sites is 1. The van der Waals surface area contributed by atoms with Crippen molar-refractivity contribution in [3.05, 3.63) is 54.6 Å². The first-order chi connectivity index (χ1) is 10.9. The quantitative estimate of drug-likeness (QED) is 0.578. The minimum Gasteiger partial charge on any atom is -0.381 e. The van der Waals surface area contributed by atoms with E-state index in [1.807, 2.05) is 60.7 Å². The number of ether oxygens (including phenoxy) is 1. The first kappa shape index (κ1) is 15.7. The van der Waals surface area contributed by atoms with Gasteiger partial charge in [-0.25, -0.2) is 0 Å². The number of hydrogen-bond acceptors (Lipinski definition) is 5. The van der Waals surface area contributed by atoms with Gasteiger partial charge < -0.3 is 10.1 Å². The van der Waals surface area contributed by atoms with E-state index >= 15 is 0 Å². The molecule has 0 spiro atoms. The molecule has 2 rings (SSSR count). The third kappa shape index (κ3) is 5.35. The average Bonchev–Trinajstić information content (AvgIpc) is 2.58. The lowest BCUT2D eigenvalue weighted by molar-refractivity contribution is 0.150. The zero-order valence-corrected chi connectivity index (χ0v) is 12.3. The third-order valence-corrected chi connectivity index (χ3v) is 2.85. The van der Waals surface area contributed by atoms with Crippen LogP contribution in [0, 0.1) is 11.3 Å². The SMILES string of the molecule is N#CCCOCCNc1ccccc1N=Nc1ccccc1. The Morgan fingerprint density at radius 1 is 0.955 bits per heavy atom. The Kier molecular flexibility index (Phi) is 6.60. The molecule has 0 bridgehead atoms. The molecule has 1 N–H and O–H groups in total. The van der Waals surface area contributed by atoms with E-state index in [2.05, 4.69) is 15.5 Å². The van der Waals surface area contributed by atoms with Gasteiger partial charge in [0.2, 0.25) is 0 Å². The third-order valence-electron chi connectivity index (χ3n) is 2.85.